The molecule has 22 heavy (non-hydrogen) atoms. The van der Waals surface area contributed by atoms with E-state index in [4.69, 9.17) is 0 Å². The Morgan fingerprint density at radius 1 is 1.32 bits per heavy atom. The highest BCUT2D eigenvalue weighted by molar-refractivity contribution is 5.90. The van der Waals surface area contributed by atoms with Crippen LogP contribution in [0.4, 0.5) is 14.5 Å². The van der Waals surface area contributed by atoms with Gasteiger partial charge in [-0.1, -0.05) is 13.8 Å². The molecule has 0 unspecified atom stereocenters. The first-order valence-corrected chi connectivity index (χ1v) is 6.68. The van der Waals surface area contributed by atoms with Gasteiger partial charge in [-0.15, -0.1) is 0 Å². The first kappa shape index (κ1) is 15.8. The van der Waals surface area contributed by atoms with E-state index in [0.29, 0.717) is 11.8 Å². The summed E-state index contributed by atoms with van der Waals surface area (Å²) < 4.78 is 27.3. The fourth-order valence-corrected chi connectivity index (χ4v) is 1.81. The Labute approximate surface area is 125 Å². The van der Waals surface area contributed by atoms with Gasteiger partial charge in [0.15, 0.2) is 0 Å². The molecule has 0 aliphatic rings. The number of benzene rings is 1. The summed E-state index contributed by atoms with van der Waals surface area (Å²) in [6.45, 7) is 3.49. The number of rotatable bonds is 4. The van der Waals surface area contributed by atoms with Crippen LogP contribution in [0.1, 0.15) is 25.5 Å². The highest BCUT2D eigenvalue weighted by atomic mass is 19.1. The smallest absolute Gasteiger partial charge is 0.254 e. The number of hydrogen-bond acceptors (Lipinski definition) is 3. The predicted octanol–water partition coefficient (Wildman–Crippen LogP) is 2.28. The first-order valence-electron chi connectivity index (χ1n) is 6.68. The molecule has 0 aliphatic carbocycles. The molecule has 2 aromatic rings. The molecule has 0 saturated carbocycles. The highest BCUT2D eigenvalue weighted by Gasteiger charge is 2.10. The Kier molecular flexibility index (Phi) is 4.65. The zero-order chi connectivity index (χ0) is 16.3. The predicted molar refractivity (Wildman–Crippen MR) is 77.6 cm³/mol. The van der Waals surface area contributed by atoms with Crippen molar-refractivity contribution in [1.29, 1.82) is 0 Å². The van der Waals surface area contributed by atoms with Crippen molar-refractivity contribution >= 4 is 11.6 Å². The van der Waals surface area contributed by atoms with Crippen LogP contribution in [0, 0.1) is 11.6 Å². The van der Waals surface area contributed by atoms with Gasteiger partial charge in [0.1, 0.15) is 18.2 Å². The molecule has 7 heteroatoms. The summed E-state index contributed by atoms with van der Waals surface area (Å²) in [5, 5.41) is 2.28. The number of nitrogens with one attached hydrogen (secondary N) is 1. The molecular formula is C15H15F2N3O2. The Hall–Kier alpha value is -2.57. The molecular weight excluding hydrogens is 292 g/mol. The monoisotopic (exact) mass is 307 g/mol. The summed E-state index contributed by atoms with van der Waals surface area (Å²) in [5.74, 6) is -2.12. The van der Waals surface area contributed by atoms with Crippen LogP contribution in [0.25, 0.3) is 0 Å². The molecule has 0 aliphatic heterocycles. The maximum atomic E-state index is 13.4. The fraction of sp³-hybridized carbons (Fsp3) is 0.267. The summed E-state index contributed by atoms with van der Waals surface area (Å²) in [6, 6.07) is 4.17. The lowest BCUT2D eigenvalue weighted by molar-refractivity contribution is -0.116. The average molecular weight is 307 g/mol. The van der Waals surface area contributed by atoms with Crippen molar-refractivity contribution in [2.24, 2.45) is 0 Å². The van der Waals surface area contributed by atoms with E-state index < -0.39 is 17.5 Å². The van der Waals surface area contributed by atoms with Crippen LogP contribution >= 0.6 is 0 Å². The summed E-state index contributed by atoms with van der Waals surface area (Å²) in [4.78, 5) is 27.8. The summed E-state index contributed by atoms with van der Waals surface area (Å²) in [5.41, 5.74) is 0.117. The van der Waals surface area contributed by atoms with E-state index in [0.717, 1.165) is 16.7 Å². The Bertz CT molecular complexity index is 757. The maximum absolute atomic E-state index is 13.4. The van der Waals surface area contributed by atoms with Crippen molar-refractivity contribution < 1.29 is 13.6 Å². The van der Waals surface area contributed by atoms with Crippen LogP contribution in [0.2, 0.25) is 0 Å². The number of anilines is 1. The number of halogens is 2. The van der Waals surface area contributed by atoms with Gasteiger partial charge in [-0.05, 0) is 18.1 Å². The molecule has 5 nitrogen and oxygen atoms in total. The van der Waals surface area contributed by atoms with Crippen LogP contribution in [0.5, 0.6) is 0 Å². The molecule has 1 heterocycles. The maximum Gasteiger partial charge on any atom is 0.254 e. The number of aromatic nitrogens is 2. The number of nitrogens with zero attached hydrogens (tertiary/aromatic N) is 2. The summed E-state index contributed by atoms with van der Waals surface area (Å²) >= 11 is 0. The van der Waals surface area contributed by atoms with Gasteiger partial charge in [0, 0.05) is 12.1 Å². The van der Waals surface area contributed by atoms with Gasteiger partial charge >= 0.3 is 0 Å². The average Bonchev–Trinajstić information content (AvgIpc) is 2.44. The number of carbonyl (C=O) groups is 1. The Morgan fingerprint density at radius 3 is 2.64 bits per heavy atom. The van der Waals surface area contributed by atoms with E-state index >= 15 is 0 Å². The van der Waals surface area contributed by atoms with Gasteiger partial charge in [0.2, 0.25) is 5.91 Å². The molecule has 1 aromatic heterocycles. The third-order valence-electron chi connectivity index (χ3n) is 3.01. The molecule has 1 amide bonds. The fourth-order valence-electron chi connectivity index (χ4n) is 1.81. The van der Waals surface area contributed by atoms with Gasteiger partial charge in [-0.2, -0.15) is 0 Å². The van der Waals surface area contributed by atoms with E-state index in [-0.39, 0.29) is 23.7 Å². The lowest BCUT2D eigenvalue weighted by Gasteiger charge is -2.09. The molecule has 0 radical (unpaired) electrons. The molecule has 0 saturated heterocycles. The number of hydrogen-bond donors (Lipinski definition) is 1. The Morgan fingerprint density at radius 2 is 2.05 bits per heavy atom. The van der Waals surface area contributed by atoms with E-state index in [2.05, 4.69) is 10.3 Å². The van der Waals surface area contributed by atoms with E-state index in [9.17, 15) is 18.4 Å². The molecule has 0 bridgehead atoms. The van der Waals surface area contributed by atoms with Crippen molar-refractivity contribution in [2.75, 3.05) is 5.32 Å². The number of carbonyl (C=O) groups excluding carboxylic acids is 1. The van der Waals surface area contributed by atoms with Crippen molar-refractivity contribution in [3.05, 3.63) is 58.3 Å². The van der Waals surface area contributed by atoms with Crippen LogP contribution in [-0.4, -0.2) is 15.5 Å². The van der Waals surface area contributed by atoms with Gasteiger partial charge in [-0.3, -0.25) is 14.2 Å². The molecule has 0 fully saturated rings. The van der Waals surface area contributed by atoms with E-state index in [1.54, 1.807) is 0 Å². The zero-order valence-corrected chi connectivity index (χ0v) is 12.1. The quantitative estimate of drug-likeness (QED) is 0.942. The normalized spacial score (nSPS) is 10.8. The molecule has 1 N–H and O–H groups in total. The van der Waals surface area contributed by atoms with Crippen molar-refractivity contribution in [2.45, 2.75) is 26.3 Å². The van der Waals surface area contributed by atoms with Crippen molar-refractivity contribution in [3.8, 4) is 0 Å². The molecule has 2 rings (SSSR count). The third kappa shape index (κ3) is 3.75. The first-order chi connectivity index (χ1) is 10.4. The Balaban J connectivity index is 2.11. The SMILES string of the molecule is CC(C)c1cc(=O)n(CC(=O)Nc2ccc(F)cc2F)cn1. The summed E-state index contributed by atoms with van der Waals surface area (Å²) in [7, 11) is 0. The minimum Gasteiger partial charge on any atom is -0.322 e. The third-order valence-corrected chi connectivity index (χ3v) is 3.01. The van der Waals surface area contributed by atoms with Crippen LogP contribution in [0.15, 0.2) is 35.4 Å². The van der Waals surface area contributed by atoms with Gasteiger partial charge in [0.25, 0.3) is 5.56 Å². The topological polar surface area (TPSA) is 64.0 Å². The largest absolute Gasteiger partial charge is 0.322 e. The van der Waals surface area contributed by atoms with Gasteiger partial charge in [0.05, 0.1) is 17.7 Å². The zero-order valence-electron chi connectivity index (χ0n) is 12.1. The van der Waals surface area contributed by atoms with Crippen LogP contribution < -0.4 is 10.9 Å². The van der Waals surface area contributed by atoms with E-state index in [1.807, 2.05) is 13.8 Å². The summed E-state index contributed by atoms with van der Waals surface area (Å²) in [6.07, 6.45) is 1.28. The molecule has 1 aromatic carbocycles. The molecule has 116 valence electrons. The highest BCUT2D eigenvalue weighted by Crippen LogP contribution is 2.14. The molecule has 0 atom stereocenters. The lowest BCUT2D eigenvalue weighted by Crippen LogP contribution is -2.28. The van der Waals surface area contributed by atoms with Gasteiger partial charge in [-0.25, -0.2) is 13.8 Å². The van der Waals surface area contributed by atoms with Crippen LogP contribution in [0.3, 0.4) is 0 Å². The minimum atomic E-state index is -0.881. The molecule has 0 spiro atoms. The van der Waals surface area contributed by atoms with E-state index in [1.165, 1.54) is 12.4 Å². The second-order valence-corrected chi connectivity index (χ2v) is 5.11. The lowest BCUT2D eigenvalue weighted by atomic mass is 10.1. The van der Waals surface area contributed by atoms with Crippen LogP contribution in [-0.2, 0) is 11.3 Å². The minimum absolute atomic E-state index is 0.101. The second kappa shape index (κ2) is 6.46. The van der Waals surface area contributed by atoms with Crippen molar-refractivity contribution in [3.63, 3.8) is 0 Å². The van der Waals surface area contributed by atoms with Gasteiger partial charge < -0.3 is 5.32 Å². The standard InChI is InChI=1S/C15H15F2N3O2/c1-9(2)13-6-15(22)20(8-18-13)7-14(21)19-12-4-3-10(16)5-11(12)17/h3-6,8-9H,7H2,1-2H3,(H,19,21). The second-order valence-electron chi connectivity index (χ2n) is 5.11. The number of amides is 1. The van der Waals surface area contributed by atoms with Crippen molar-refractivity contribution in [1.82, 2.24) is 9.55 Å².